The van der Waals surface area contributed by atoms with E-state index in [0.717, 1.165) is 5.56 Å². The summed E-state index contributed by atoms with van der Waals surface area (Å²) in [6.45, 7) is 5.76. The number of hydrogen-bond donors (Lipinski definition) is 1. The van der Waals surface area contributed by atoms with Gasteiger partial charge >= 0.3 is 5.97 Å². The Morgan fingerprint density at radius 2 is 2.04 bits per heavy atom. The number of carbonyl (C=O) groups is 2. The van der Waals surface area contributed by atoms with E-state index in [4.69, 9.17) is 4.74 Å². The number of aryl methyl sites for hydroxylation is 1. The monoisotopic (exact) mass is 335 g/mol. The van der Waals surface area contributed by atoms with Crippen LogP contribution >= 0.6 is 0 Å². The van der Waals surface area contributed by atoms with Gasteiger partial charge in [-0.3, -0.25) is 14.3 Å². The fourth-order valence-corrected chi connectivity index (χ4v) is 4.15. The lowest BCUT2D eigenvalue weighted by Gasteiger charge is -2.56. The van der Waals surface area contributed by atoms with Gasteiger partial charge in [0.05, 0.1) is 24.1 Å². The van der Waals surface area contributed by atoms with Gasteiger partial charge in [-0.1, -0.05) is 13.8 Å². The van der Waals surface area contributed by atoms with E-state index in [9.17, 15) is 14.7 Å². The van der Waals surface area contributed by atoms with E-state index < -0.39 is 11.4 Å². The number of carboxylic acid groups (broad SMARTS) is 1. The lowest BCUT2D eigenvalue weighted by atomic mass is 9.68. The molecule has 2 aliphatic rings. The predicted octanol–water partition coefficient (Wildman–Crippen LogP) is 1.60. The first-order valence-corrected chi connectivity index (χ1v) is 8.34. The number of hydrogen-bond acceptors (Lipinski definition) is 4. The summed E-state index contributed by atoms with van der Waals surface area (Å²) in [5, 5.41) is 13.5. The number of ether oxygens (including phenoxy) is 1. The van der Waals surface area contributed by atoms with Crippen LogP contribution in [-0.4, -0.2) is 51.4 Å². The fourth-order valence-electron chi connectivity index (χ4n) is 4.15. The van der Waals surface area contributed by atoms with Gasteiger partial charge in [-0.05, 0) is 12.8 Å². The third kappa shape index (κ3) is 2.81. The molecule has 7 nitrogen and oxygen atoms in total. The molecule has 2 saturated heterocycles. The molecule has 0 saturated carbocycles. The molecule has 0 radical (unpaired) electrons. The maximum atomic E-state index is 13.3. The quantitative estimate of drug-likeness (QED) is 0.903. The summed E-state index contributed by atoms with van der Waals surface area (Å²) in [5.74, 6) is -0.982. The maximum absolute atomic E-state index is 13.3. The minimum Gasteiger partial charge on any atom is -0.481 e. The normalized spacial score (nSPS) is 25.1. The van der Waals surface area contributed by atoms with Gasteiger partial charge in [-0.15, -0.1) is 0 Å². The number of likely N-dealkylation sites (tertiary alicyclic amines) is 1. The van der Waals surface area contributed by atoms with Gasteiger partial charge in [-0.25, -0.2) is 0 Å². The smallest absolute Gasteiger partial charge is 0.304 e. The minimum absolute atomic E-state index is 0.0473. The lowest BCUT2D eigenvalue weighted by molar-refractivity contribution is -0.173. The average Bonchev–Trinajstić information content (AvgIpc) is 2.90. The highest BCUT2D eigenvalue weighted by atomic mass is 16.5. The second-order valence-electron chi connectivity index (χ2n) is 7.73. The topological polar surface area (TPSA) is 84.7 Å². The third-order valence-corrected chi connectivity index (χ3v) is 5.32. The molecule has 3 rings (SSSR count). The Bertz CT molecular complexity index is 646. The molecule has 0 aliphatic carbocycles. The molecule has 2 fully saturated rings. The molecule has 1 atom stereocenters. The molecule has 132 valence electrons. The zero-order valence-corrected chi connectivity index (χ0v) is 14.5. The Hall–Kier alpha value is -1.89. The van der Waals surface area contributed by atoms with Gasteiger partial charge in [0, 0.05) is 44.0 Å². The molecular formula is C17H25N3O4. The van der Waals surface area contributed by atoms with E-state index in [1.807, 2.05) is 18.1 Å². The van der Waals surface area contributed by atoms with Crippen molar-refractivity contribution in [2.24, 2.45) is 17.9 Å². The Kier molecular flexibility index (Phi) is 4.15. The maximum Gasteiger partial charge on any atom is 0.304 e. The lowest BCUT2D eigenvalue weighted by Crippen LogP contribution is -2.62. The Labute approximate surface area is 141 Å². The summed E-state index contributed by atoms with van der Waals surface area (Å²) < 4.78 is 7.10. The van der Waals surface area contributed by atoms with Crippen LogP contribution in [0.2, 0.25) is 0 Å². The van der Waals surface area contributed by atoms with Crippen LogP contribution in [0.25, 0.3) is 0 Å². The molecule has 1 unspecified atom stereocenters. The predicted molar refractivity (Wildman–Crippen MR) is 86.2 cm³/mol. The highest BCUT2D eigenvalue weighted by Gasteiger charge is 2.54. The average molecular weight is 335 g/mol. The number of aliphatic carboxylic acids is 1. The molecule has 0 aromatic carbocycles. The molecular weight excluding hydrogens is 310 g/mol. The molecule has 3 heterocycles. The van der Waals surface area contributed by atoms with Crippen LogP contribution in [-0.2, 0) is 21.4 Å². The SMILES string of the molecule is Cn1cc(C2N(C(=O)C3(CC(=O)O)CCOCC3)CC2(C)C)cn1. The Balaban J connectivity index is 1.88. The van der Waals surface area contributed by atoms with E-state index in [-0.39, 0.29) is 23.8 Å². The summed E-state index contributed by atoms with van der Waals surface area (Å²) in [7, 11) is 1.85. The van der Waals surface area contributed by atoms with Crippen molar-refractivity contribution in [3.05, 3.63) is 18.0 Å². The van der Waals surface area contributed by atoms with Gasteiger partial charge < -0.3 is 14.7 Å². The van der Waals surface area contributed by atoms with Crippen LogP contribution in [0.1, 0.15) is 44.7 Å². The molecule has 1 N–H and O–H groups in total. The number of aromatic nitrogens is 2. The molecule has 7 heteroatoms. The highest BCUT2D eigenvalue weighted by molar-refractivity contribution is 5.88. The summed E-state index contributed by atoms with van der Waals surface area (Å²) in [6, 6.07) is -0.0628. The summed E-state index contributed by atoms with van der Waals surface area (Å²) >= 11 is 0. The number of nitrogens with zero attached hydrogens (tertiary/aromatic N) is 3. The van der Waals surface area contributed by atoms with Gasteiger partial charge in [0.1, 0.15) is 0 Å². The van der Waals surface area contributed by atoms with Crippen molar-refractivity contribution in [2.75, 3.05) is 19.8 Å². The number of amides is 1. The minimum atomic E-state index is -0.928. The van der Waals surface area contributed by atoms with Crippen molar-refractivity contribution in [3.8, 4) is 0 Å². The van der Waals surface area contributed by atoms with Crippen molar-refractivity contribution in [2.45, 2.75) is 39.2 Å². The Morgan fingerprint density at radius 3 is 2.54 bits per heavy atom. The van der Waals surface area contributed by atoms with Gasteiger partial charge in [-0.2, -0.15) is 5.10 Å². The molecule has 1 aromatic heterocycles. The zero-order valence-electron chi connectivity index (χ0n) is 14.5. The van der Waals surface area contributed by atoms with Crippen LogP contribution in [0.5, 0.6) is 0 Å². The van der Waals surface area contributed by atoms with Crippen LogP contribution in [0.15, 0.2) is 12.4 Å². The second kappa shape index (κ2) is 5.88. The van der Waals surface area contributed by atoms with Crippen molar-refractivity contribution in [1.29, 1.82) is 0 Å². The van der Waals surface area contributed by atoms with E-state index in [0.29, 0.717) is 32.6 Å². The molecule has 1 amide bonds. The molecule has 1 aromatic rings. The van der Waals surface area contributed by atoms with Crippen molar-refractivity contribution < 1.29 is 19.4 Å². The Morgan fingerprint density at radius 1 is 1.38 bits per heavy atom. The van der Waals surface area contributed by atoms with Gasteiger partial charge in [0.15, 0.2) is 0 Å². The standard InChI is InChI=1S/C17H25N3O4/c1-16(2)11-20(14(16)12-9-18-19(3)10-12)15(23)17(8-13(21)22)4-6-24-7-5-17/h9-10,14H,4-8,11H2,1-3H3,(H,21,22). The highest BCUT2D eigenvalue weighted by Crippen LogP contribution is 2.51. The van der Waals surface area contributed by atoms with E-state index in [1.54, 1.807) is 10.9 Å². The fraction of sp³-hybridized carbons (Fsp3) is 0.706. The molecule has 24 heavy (non-hydrogen) atoms. The van der Waals surface area contributed by atoms with Crippen LogP contribution < -0.4 is 0 Å². The molecule has 2 aliphatic heterocycles. The van der Waals surface area contributed by atoms with Gasteiger partial charge in [0.2, 0.25) is 5.91 Å². The molecule has 0 spiro atoms. The summed E-state index contributed by atoms with van der Waals surface area (Å²) in [4.78, 5) is 26.5. The zero-order chi connectivity index (χ0) is 17.5. The second-order valence-corrected chi connectivity index (χ2v) is 7.73. The first kappa shape index (κ1) is 17.0. The largest absolute Gasteiger partial charge is 0.481 e. The van der Waals surface area contributed by atoms with Crippen molar-refractivity contribution in [3.63, 3.8) is 0 Å². The number of carboxylic acids is 1. The van der Waals surface area contributed by atoms with E-state index in [2.05, 4.69) is 18.9 Å². The number of rotatable bonds is 4. The van der Waals surface area contributed by atoms with Gasteiger partial charge in [0.25, 0.3) is 0 Å². The first-order valence-electron chi connectivity index (χ1n) is 8.34. The first-order chi connectivity index (χ1) is 11.3. The van der Waals surface area contributed by atoms with Crippen molar-refractivity contribution in [1.82, 2.24) is 14.7 Å². The van der Waals surface area contributed by atoms with Crippen LogP contribution in [0.3, 0.4) is 0 Å². The van der Waals surface area contributed by atoms with E-state index in [1.165, 1.54) is 0 Å². The van der Waals surface area contributed by atoms with E-state index >= 15 is 0 Å². The van der Waals surface area contributed by atoms with Crippen LogP contribution in [0, 0.1) is 10.8 Å². The summed E-state index contributed by atoms with van der Waals surface area (Å²) in [6.07, 6.45) is 4.52. The van der Waals surface area contributed by atoms with Crippen molar-refractivity contribution >= 4 is 11.9 Å². The van der Waals surface area contributed by atoms with Crippen LogP contribution in [0.4, 0.5) is 0 Å². The third-order valence-electron chi connectivity index (χ3n) is 5.32. The summed E-state index contributed by atoms with van der Waals surface area (Å²) in [5.41, 5.74) is 0.106. The number of carbonyl (C=O) groups excluding carboxylic acids is 1. The molecule has 0 bridgehead atoms.